The first-order valence-electron chi connectivity index (χ1n) is 7.92. The lowest BCUT2D eigenvalue weighted by atomic mass is 10.1. The van der Waals surface area contributed by atoms with Crippen LogP contribution in [-0.2, 0) is 0 Å². The van der Waals surface area contributed by atoms with Gasteiger partial charge >= 0.3 is 5.63 Å². The summed E-state index contributed by atoms with van der Waals surface area (Å²) in [6.07, 6.45) is -0.446. The molecule has 3 aromatic rings. The normalized spacial score (nSPS) is 15.7. The number of phenols is 1. The summed E-state index contributed by atoms with van der Waals surface area (Å²) in [6, 6.07) is 9.64. The van der Waals surface area contributed by atoms with E-state index in [4.69, 9.17) is 23.4 Å². The van der Waals surface area contributed by atoms with Crippen LogP contribution in [0.25, 0.3) is 11.0 Å². The number of aromatic hydroxyl groups is 1. The van der Waals surface area contributed by atoms with Crippen LogP contribution in [0.15, 0.2) is 45.6 Å². The molecule has 4 rings (SSSR count). The van der Waals surface area contributed by atoms with Crippen molar-refractivity contribution in [2.24, 2.45) is 0 Å². The summed E-state index contributed by atoms with van der Waals surface area (Å²) in [7, 11) is 3.00. The zero-order chi connectivity index (χ0) is 18.3. The fraction of sp³-hybridized carbons (Fsp3) is 0.211. The Labute approximate surface area is 148 Å². The Balaban J connectivity index is 1.80. The minimum absolute atomic E-state index is 0.0405. The molecule has 1 aromatic heterocycles. The summed E-state index contributed by atoms with van der Waals surface area (Å²) < 4.78 is 27.8. The van der Waals surface area contributed by atoms with Gasteiger partial charge < -0.3 is 28.5 Å². The summed E-state index contributed by atoms with van der Waals surface area (Å²) in [5.41, 5.74) is 0.607. The number of fused-ring (bicyclic) bond motifs is 3. The van der Waals surface area contributed by atoms with Crippen molar-refractivity contribution in [2.75, 3.05) is 20.8 Å². The van der Waals surface area contributed by atoms with E-state index in [-0.39, 0.29) is 12.4 Å². The van der Waals surface area contributed by atoms with Crippen molar-refractivity contribution in [1.82, 2.24) is 0 Å². The van der Waals surface area contributed by atoms with E-state index in [9.17, 15) is 9.90 Å². The van der Waals surface area contributed by atoms with Crippen molar-refractivity contribution in [3.05, 3.63) is 52.4 Å². The Hall–Kier alpha value is -3.35. The molecule has 0 aliphatic carbocycles. The molecule has 0 saturated carbocycles. The van der Waals surface area contributed by atoms with E-state index >= 15 is 0 Å². The van der Waals surface area contributed by atoms with Crippen LogP contribution in [-0.4, -0.2) is 25.9 Å². The predicted molar refractivity (Wildman–Crippen MR) is 92.6 cm³/mol. The Kier molecular flexibility index (Phi) is 3.84. The number of methoxy groups -OCH3 is 2. The maximum atomic E-state index is 11.6. The molecule has 7 heteroatoms. The van der Waals surface area contributed by atoms with Crippen LogP contribution in [0.4, 0.5) is 0 Å². The summed E-state index contributed by atoms with van der Waals surface area (Å²) in [6.45, 7) is 0.196. The summed E-state index contributed by atoms with van der Waals surface area (Å²) in [5.74, 6) is 1.54. The van der Waals surface area contributed by atoms with Gasteiger partial charge in [0.1, 0.15) is 6.61 Å². The number of ether oxygens (including phenoxy) is 4. The summed E-state index contributed by atoms with van der Waals surface area (Å²) >= 11 is 0. The molecule has 1 unspecified atom stereocenters. The van der Waals surface area contributed by atoms with Crippen LogP contribution in [0.3, 0.4) is 0 Å². The van der Waals surface area contributed by atoms with Crippen LogP contribution in [0.5, 0.6) is 28.7 Å². The quantitative estimate of drug-likeness (QED) is 0.722. The topological polar surface area (TPSA) is 87.4 Å². The first-order valence-corrected chi connectivity index (χ1v) is 7.92. The highest BCUT2D eigenvalue weighted by Gasteiger charge is 2.29. The van der Waals surface area contributed by atoms with Crippen LogP contribution in [0, 0.1) is 0 Å². The lowest BCUT2D eigenvalue weighted by Gasteiger charge is -2.28. The van der Waals surface area contributed by atoms with E-state index in [1.54, 1.807) is 24.3 Å². The number of hydrogen-bond acceptors (Lipinski definition) is 7. The molecule has 1 aliphatic rings. The third-order valence-electron chi connectivity index (χ3n) is 4.22. The number of rotatable bonds is 3. The molecule has 0 bridgehead atoms. The van der Waals surface area contributed by atoms with Gasteiger partial charge in [-0.15, -0.1) is 0 Å². The van der Waals surface area contributed by atoms with Gasteiger partial charge in [0.25, 0.3) is 0 Å². The first-order chi connectivity index (χ1) is 12.6. The van der Waals surface area contributed by atoms with E-state index in [0.29, 0.717) is 34.0 Å². The Bertz CT molecular complexity index is 1040. The molecule has 7 nitrogen and oxygen atoms in total. The lowest BCUT2D eigenvalue weighted by molar-refractivity contribution is 0.0873. The van der Waals surface area contributed by atoms with Gasteiger partial charge in [-0.05, 0) is 29.8 Å². The van der Waals surface area contributed by atoms with Crippen molar-refractivity contribution >= 4 is 11.0 Å². The van der Waals surface area contributed by atoms with E-state index in [1.807, 2.05) is 0 Å². The fourth-order valence-corrected chi connectivity index (χ4v) is 2.93. The molecule has 1 aliphatic heterocycles. The molecule has 2 heterocycles. The summed E-state index contributed by atoms with van der Waals surface area (Å²) in [4.78, 5) is 11.6. The van der Waals surface area contributed by atoms with Crippen LogP contribution < -0.4 is 24.6 Å². The van der Waals surface area contributed by atoms with Crippen molar-refractivity contribution in [3.8, 4) is 28.7 Å². The van der Waals surface area contributed by atoms with Gasteiger partial charge in [-0.3, -0.25) is 0 Å². The van der Waals surface area contributed by atoms with Gasteiger partial charge in [-0.2, -0.15) is 0 Å². The molecule has 0 amide bonds. The smallest absolute Gasteiger partial charge is 0.336 e. The van der Waals surface area contributed by atoms with Crippen molar-refractivity contribution < 1.29 is 28.5 Å². The highest BCUT2D eigenvalue weighted by molar-refractivity contribution is 5.88. The highest BCUT2D eigenvalue weighted by atomic mass is 16.6. The molecule has 0 radical (unpaired) electrons. The van der Waals surface area contributed by atoms with Crippen molar-refractivity contribution in [1.29, 1.82) is 0 Å². The monoisotopic (exact) mass is 356 g/mol. The average Bonchev–Trinajstić information content (AvgIpc) is 2.67. The molecule has 134 valence electrons. The predicted octanol–water partition coefficient (Wildman–Crippen LogP) is 3.03. The van der Waals surface area contributed by atoms with E-state index < -0.39 is 11.7 Å². The lowest BCUT2D eigenvalue weighted by Crippen LogP contribution is -2.22. The standard InChI is InChI=1S/C19H16O7/c1-22-13-7-10(3-5-12(13)20)15-9-24-19-17-11(4-6-16(21)26-17)8-14(23-2)18(19)25-15/h3-8,15,20H,9H2,1-2H3. The average molecular weight is 356 g/mol. The molecular weight excluding hydrogens is 340 g/mol. The van der Waals surface area contributed by atoms with Gasteiger partial charge in [-0.1, -0.05) is 6.07 Å². The van der Waals surface area contributed by atoms with Crippen LogP contribution in [0.1, 0.15) is 11.7 Å². The molecular formula is C19H16O7. The minimum atomic E-state index is -0.473. The first kappa shape index (κ1) is 16.1. The SMILES string of the molecule is COc1cc(C2COc3c(c(OC)cc4ccc(=O)oc34)O2)ccc1O. The summed E-state index contributed by atoms with van der Waals surface area (Å²) in [5, 5.41) is 10.4. The second-order valence-electron chi connectivity index (χ2n) is 5.76. The van der Waals surface area contributed by atoms with Gasteiger partial charge in [0, 0.05) is 11.5 Å². The van der Waals surface area contributed by atoms with Gasteiger partial charge in [0.05, 0.1) is 14.2 Å². The van der Waals surface area contributed by atoms with Gasteiger partial charge in [0.15, 0.2) is 28.9 Å². The van der Waals surface area contributed by atoms with Gasteiger partial charge in [-0.25, -0.2) is 4.79 Å². The molecule has 1 N–H and O–H groups in total. The maximum absolute atomic E-state index is 11.6. The van der Waals surface area contributed by atoms with Crippen LogP contribution in [0.2, 0.25) is 0 Å². The zero-order valence-electron chi connectivity index (χ0n) is 14.1. The second kappa shape index (κ2) is 6.18. The molecule has 0 fully saturated rings. The van der Waals surface area contributed by atoms with Gasteiger partial charge in [0.2, 0.25) is 11.5 Å². The highest BCUT2D eigenvalue weighted by Crippen LogP contribution is 2.48. The van der Waals surface area contributed by atoms with E-state index in [2.05, 4.69) is 0 Å². The van der Waals surface area contributed by atoms with E-state index in [1.165, 1.54) is 26.4 Å². The maximum Gasteiger partial charge on any atom is 0.336 e. The number of hydrogen-bond donors (Lipinski definition) is 1. The fourth-order valence-electron chi connectivity index (χ4n) is 2.93. The van der Waals surface area contributed by atoms with Crippen LogP contribution >= 0.6 is 0 Å². The number of phenolic OH excluding ortho intramolecular Hbond substituents is 1. The third kappa shape index (κ3) is 2.57. The minimum Gasteiger partial charge on any atom is -0.504 e. The number of benzene rings is 2. The van der Waals surface area contributed by atoms with Crippen molar-refractivity contribution in [3.63, 3.8) is 0 Å². The van der Waals surface area contributed by atoms with E-state index in [0.717, 1.165) is 5.56 Å². The Morgan fingerprint density at radius 2 is 1.85 bits per heavy atom. The third-order valence-corrected chi connectivity index (χ3v) is 4.22. The Morgan fingerprint density at radius 3 is 2.62 bits per heavy atom. The molecule has 2 aromatic carbocycles. The molecule has 0 saturated heterocycles. The molecule has 26 heavy (non-hydrogen) atoms. The second-order valence-corrected chi connectivity index (χ2v) is 5.76. The van der Waals surface area contributed by atoms with Crippen molar-refractivity contribution in [2.45, 2.75) is 6.10 Å². The largest absolute Gasteiger partial charge is 0.504 e. The zero-order valence-corrected chi connectivity index (χ0v) is 14.1. The molecule has 1 atom stereocenters. The molecule has 0 spiro atoms. The Morgan fingerprint density at radius 1 is 1.04 bits per heavy atom.